The minimum atomic E-state index is 0.502. The van der Waals surface area contributed by atoms with E-state index in [1.165, 1.54) is 19.3 Å². The number of piperidine rings is 1. The molecule has 1 aliphatic heterocycles. The number of benzene rings is 1. The molecule has 2 heterocycles. The van der Waals surface area contributed by atoms with Crippen molar-refractivity contribution in [3.8, 4) is 6.07 Å². The fraction of sp³-hybridized carbons (Fsp3) is 0.375. The number of rotatable bonds is 3. The van der Waals surface area contributed by atoms with Crippen LogP contribution in [-0.2, 0) is 0 Å². The van der Waals surface area contributed by atoms with E-state index in [-0.39, 0.29) is 0 Å². The van der Waals surface area contributed by atoms with Crippen molar-refractivity contribution >= 4 is 16.7 Å². The van der Waals surface area contributed by atoms with Crippen LogP contribution in [0.15, 0.2) is 30.3 Å². The molecule has 4 nitrogen and oxygen atoms in total. The Morgan fingerprint density at radius 1 is 1.35 bits per heavy atom. The molecule has 1 aromatic carbocycles. The molecule has 0 spiro atoms. The van der Waals surface area contributed by atoms with Gasteiger partial charge in [-0.15, -0.1) is 0 Å². The van der Waals surface area contributed by atoms with E-state index in [1.807, 2.05) is 30.3 Å². The zero-order valence-corrected chi connectivity index (χ0v) is 11.4. The van der Waals surface area contributed by atoms with E-state index in [2.05, 4.69) is 21.7 Å². The summed E-state index contributed by atoms with van der Waals surface area (Å²) in [6, 6.07) is 12.4. The summed E-state index contributed by atoms with van der Waals surface area (Å²) in [5, 5.41) is 17.0. The number of fused-ring (bicyclic) bond motifs is 1. The molecule has 2 N–H and O–H groups in total. The van der Waals surface area contributed by atoms with Crippen LogP contribution in [0.3, 0.4) is 0 Å². The van der Waals surface area contributed by atoms with Crippen molar-refractivity contribution in [3.05, 3.63) is 35.9 Å². The van der Waals surface area contributed by atoms with Crippen LogP contribution < -0.4 is 10.6 Å². The molecule has 0 amide bonds. The first kappa shape index (κ1) is 12.9. The standard InChI is InChI=1S/C16H18N4/c17-10-12-9-16(19-11-13-5-3-4-8-18-13)20-15-7-2-1-6-14(12)15/h1-2,6-7,9,13,18H,3-5,8,11H2,(H,19,20). The lowest BCUT2D eigenvalue weighted by molar-refractivity contribution is 0.414. The predicted octanol–water partition coefficient (Wildman–Crippen LogP) is 2.66. The molecule has 4 heteroatoms. The van der Waals surface area contributed by atoms with Gasteiger partial charge in [-0.1, -0.05) is 24.6 Å². The Balaban J connectivity index is 1.79. The summed E-state index contributed by atoms with van der Waals surface area (Å²) >= 11 is 0. The third-order valence-electron chi connectivity index (χ3n) is 3.78. The van der Waals surface area contributed by atoms with E-state index in [9.17, 15) is 5.26 Å². The quantitative estimate of drug-likeness (QED) is 0.896. The maximum Gasteiger partial charge on any atom is 0.128 e. The molecule has 1 aromatic heterocycles. The largest absolute Gasteiger partial charge is 0.368 e. The lowest BCUT2D eigenvalue weighted by atomic mass is 10.1. The fourth-order valence-corrected chi connectivity index (χ4v) is 2.68. The highest BCUT2D eigenvalue weighted by atomic mass is 15.0. The Morgan fingerprint density at radius 2 is 2.25 bits per heavy atom. The van der Waals surface area contributed by atoms with Crippen LogP contribution >= 0.6 is 0 Å². The second kappa shape index (κ2) is 5.89. The zero-order valence-electron chi connectivity index (χ0n) is 11.4. The van der Waals surface area contributed by atoms with E-state index in [4.69, 9.17) is 0 Å². The summed E-state index contributed by atoms with van der Waals surface area (Å²) in [6.07, 6.45) is 3.75. The van der Waals surface area contributed by atoms with Gasteiger partial charge >= 0.3 is 0 Å². The maximum atomic E-state index is 9.26. The maximum absolute atomic E-state index is 9.26. The number of anilines is 1. The van der Waals surface area contributed by atoms with Crippen molar-refractivity contribution in [2.45, 2.75) is 25.3 Å². The number of hydrogen-bond acceptors (Lipinski definition) is 4. The predicted molar refractivity (Wildman–Crippen MR) is 80.6 cm³/mol. The molecule has 3 rings (SSSR count). The van der Waals surface area contributed by atoms with Crippen molar-refractivity contribution in [1.29, 1.82) is 5.26 Å². The van der Waals surface area contributed by atoms with Crippen LogP contribution in [0, 0.1) is 11.3 Å². The summed E-state index contributed by atoms with van der Waals surface area (Å²) < 4.78 is 0. The number of nitrogens with one attached hydrogen (secondary N) is 2. The third kappa shape index (κ3) is 2.73. The van der Waals surface area contributed by atoms with Crippen molar-refractivity contribution in [3.63, 3.8) is 0 Å². The highest BCUT2D eigenvalue weighted by Crippen LogP contribution is 2.20. The number of nitrogens with zero attached hydrogens (tertiary/aromatic N) is 2. The van der Waals surface area contributed by atoms with Crippen LogP contribution in [0.4, 0.5) is 5.82 Å². The van der Waals surface area contributed by atoms with Gasteiger partial charge in [0.1, 0.15) is 5.82 Å². The molecule has 1 atom stereocenters. The highest BCUT2D eigenvalue weighted by Gasteiger charge is 2.12. The molecule has 1 aliphatic rings. The molecule has 2 aromatic rings. The number of aromatic nitrogens is 1. The van der Waals surface area contributed by atoms with Crippen LogP contribution in [-0.4, -0.2) is 24.1 Å². The van der Waals surface area contributed by atoms with Gasteiger partial charge in [0.2, 0.25) is 0 Å². The topological polar surface area (TPSA) is 60.7 Å². The minimum Gasteiger partial charge on any atom is -0.368 e. The Kier molecular flexibility index (Phi) is 3.80. The normalized spacial score (nSPS) is 18.6. The molecule has 0 aliphatic carbocycles. The molecule has 0 radical (unpaired) electrons. The van der Waals surface area contributed by atoms with Gasteiger partial charge in [-0.2, -0.15) is 5.26 Å². The molecule has 1 saturated heterocycles. The molecule has 0 bridgehead atoms. The minimum absolute atomic E-state index is 0.502. The molecule has 1 unspecified atom stereocenters. The van der Waals surface area contributed by atoms with Gasteiger partial charge in [-0.05, 0) is 31.5 Å². The second-order valence-electron chi connectivity index (χ2n) is 5.21. The van der Waals surface area contributed by atoms with E-state index in [1.54, 1.807) is 0 Å². The van der Waals surface area contributed by atoms with Gasteiger partial charge in [0.15, 0.2) is 0 Å². The SMILES string of the molecule is N#Cc1cc(NCC2CCCCN2)nc2ccccc12. The molecular formula is C16H18N4. The molecule has 1 fully saturated rings. The molecule has 20 heavy (non-hydrogen) atoms. The van der Waals surface area contributed by atoms with Crippen molar-refractivity contribution < 1.29 is 0 Å². The lowest BCUT2D eigenvalue weighted by Crippen LogP contribution is -2.39. The summed E-state index contributed by atoms with van der Waals surface area (Å²) in [5.74, 6) is 0.785. The van der Waals surface area contributed by atoms with Crippen LogP contribution in [0.5, 0.6) is 0 Å². The summed E-state index contributed by atoms with van der Waals surface area (Å²) in [6.45, 7) is 1.96. The van der Waals surface area contributed by atoms with Crippen LogP contribution in [0.1, 0.15) is 24.8 Å². The molecule has 102 valence electrons. The first-order valence-corrected chi connectivity index (χ1v) is 7.14. The fourth-order valence-electron chi connectivity index (χ4n) is 2.68. The average molecular weight is 266 g/mol. The van der Waals surface area contributed by atoms with E-state index in [0.29, 0.717) is 11.6 Å². The van der Waals surface area contributed by atoms with Gasteiger partial charge in [-0.25, -0.2) is 4.98 Å². The highest BCUT2D eigenvalue weighted by molar-refractivity contribution is 5.86. The van der Waals surface area contributed by atoms with Crippen molar-refractivity contribution in [1.82, 2.24) is 10.3 Å². The second-order valence-corrected chi connectivity index (χ2v) is 5.21. The number of pyridine rings is 1. The average Bonchev–Trinajstić information content (AvgIpc) is 2.53. The van der Waals surface area contributed by atoms with Gasteiger partial charge in [0.05, 0.1) is 17.1 Å². The van der Waals surface area contributed by atoms with Gasteiger partial charge in [-0.3, -0.25) is 0 Å². The van der Waals surface area contributed by atoms with Gasteiger partial charge in [0, 0.05) is 18.0 Å². The first-order chi connectivity index (χ1) is 9.86. The number of para-hydroxylation sites is 1. The van der Waals surface area contributed by atoms with Crippen molar-refractivity contribution in [2.24, 2.45) is 0 Å². The summed E-state index contributed by atoms with van der Waals surface area (Å²) in [7, 11) is 0. The number of nitriles is 1. The van der Waals surface area contributed by atoms with Crippen LogP contribution in [0.2, 0.25) is 0 Å². The Morgan fingerprint density at radius 3 is 3.05 bits per heavy atom. The van der Waals surface area contributed by atoms with Crippen LogP contribution in [0.25, 0.3) is 10.9 Å². The third-order valence-corrected chi connectivity index (χ3v) is 3.78. The zero-order chi connectivity index (χ0) is 13.8. The van der Waals surface area contributed by atoms with E-state index >= 15 is 0 Å². The van der Waals surface area contributed by atoms with E-state index in [0.717, 1.165) is 29.8 Å². The molecule has 0 saturated carbocycles. The van der Waals surface area contributed by atoms with Gasteiger partial charge in [0.25, 0.3) is 0 Å². The monoisotopic (exact) mass is 266 g/mol. The number of hydrogen-bond donors (Lipinski definition) is 2. The summed E-state index contributed by atoms with van der Waals surface area (Å²) in [4.78, 5) is 4.58. The Hall–Kier alpha value is -2.12. The summed E-state index contributed by atoms with van der Waals surface area (Å²) in [5.41, 5.74) is 1.54. The first-order valence-electron chi connectivity index (χ1n) is 7.14. The van der Waals surface area contributed by atoms with Gasteiger partial charge < -0.3 is 10.6 Å². The lowest BCUT2D eigenvalue weighted by Gasteiger charge is -2.23. The molecular weight excluding hydrogens is 248 g/mol. The Bertz CT molecular complexity index is 638. The Labute approximate surface area is 118 Å². The smallest absolute Gasteiger partial charge is 0.128 e. The van der Waals surface area contributed by atoms with E-state index < -0.39 is 0 Å². The van der Waals surface area contributed by atoms with Crippen molar-refractivity contribution in [2.75, 3.05) is 18.4 Å².